The molecule has 0 bridgehead atoms. The van der Waals surface area contributed by atoms with Crippen molar-refractivity contribution < 1.29 is 9.47 Å². The molecule has 0 aliphatic carbocycles. The first-order valence-corrected chi connectivity index (χ1v) is 7.75. The van der Waals surface area contributed by atoms with Gasteiger partial charge in [0, 0.05) is 12.1 Å². The van der Waals surface area contributed by atoms with Gasteiger partial charge in [0.2, 0.25) is 0 Å². The van der Waals surface area contributed by atoms with E-state index in [1.807, 2.05) is 12.1 Å². The number of rotatable bonds is 4. The van der Waals surface area contributed by atoms with Crippen molar-refractivity contribution in [2.24, 2.45) is 0 Å². The van der Waals surface area contributed by atoms with Crippen molar-refractivity contribution in [2.45, 2.75) is 31.8 Å². The number of hydrogen-bond donors (Lipinski definition) is 1. The van der Waals surface area contributed by atoms with Crippen molar-refractivity contribution in [1.29, 1.82) is 0 Å². The summed E-state index contributed by atoms with van der Waals surface area (Å²) in [6.07, 6.45) is 2.03. The van der Waals surface area contributed by atoms with Crippen molar-refractivity contribution in [3.63, 3.8) is 0 Å². The van der Waals surface area contributed by atoms with Crippen LogP contribution in [0.3, 0.4) is 0 Å². The van der Waals surface area contributed by atoms with Gasteiger partial charge in [0.05, 0.1) is 14.2 Å². The van der Waals surface area contributed by atoms with Gasteiger partial charge in [-0.3, -0.25) is 0 Å². The van der Waals surface area contributed by atoms with Gasteiger partial charge in [-0.2, -0.15) is 0 Å². The summed E-state index contributed by atoms with van der Waals surface area (Å²) in [6.45, 7) is 2.24. The van der Waals surface area contributed by atoms with Gasteiger partial charge in [-0.15, -0.1) is 12.4 Å². The van der Waals surface area contributed by atoms with Crippen molar-refractivity contribution in [2.75, 3.05) is 14.2 Å². The maximum absolute atomic E-state index is 5.39. The number of methoxy groups -OCH3 is 2. The lowest BCUT2D eigenvalue weighted by atomic mass is 9.87. The van der Waals surface area contributed by atoms with E-state index in [1.54, 1.807) is 14.2 Å². The maximum atomic E-state index is 5.39. The van der Waals surface area contributed by atoms with Gasteiger partial charge in [0.15, 0.2) is 0 Å². The second kappa shape index (κ2) is 7.71. The molecule has 23 heavy (non-hydrogen) atoms. The molecule has 4 heteroatoms. The third-order valence-corrected chi connectivity index (χ3v) is 4.34. The summed E-state index contributed by atoms with van der Waals surface area (Å²) in [7, 11) is 3.42. The molecular formula is C19H24ClNO2. The molecule has 2 aromatic rings. The molecule has 0 radical (unpaired) electrons. The van der Waals surface area contributed by atoms with Gasteiger partial charge in [0.1, 0.15) is 11.5 Å². The highest BCUT2D eigenvalue weighted by atomic mass is 35.5. The van der Waals surface area contributed by atoms with Crippen molar-refractivity contribution in [3.05, 3.63) is 59.2 Å². The van der Waals surface area contributed by atoms with E-state index in [2.05, 4.69) is 42.6 Å². The highest BCUT2D eigenvalue weighted by molar-refractivity contribution is 5.85. The zero-order valence-corrected chi connectivity index (χ0v) is 14.7. The lowest BCUT2D eigenvalue weighted by Crippen LogP contribution is -2.38. The van der Waals surface area contributed by atoms with Crippen LogP contribution in [0.2, 0.25) is 0 Å². The maximum Gasteiger partial charge on any atom is 0.119 e. The lowest BCUT2D eigenvalue weighted by molar-refractivity contribution is 0.400. The average molecular weight is 334 g/mol. The molecule has 0 fully saturated rings. The van der Waals surface area contributed by atoms with Gasteiger partial charge in [-0.05, 0) is 60.7 Å². The summed E-state index contributed by atoms with van der Waals surface area (Å²) in [5.74, 6) is 1.82. The molecule has 2 aromatic carbocycles. The molecule has 0 saturated carbocycles. The number of benzene rings is 2. The largest absolute Gasteiger partial charge is 0.497 e. The molecule has 1 aliphatic heterocycles. The van der Waals surface area contributed by atoms with E-state index >= 15 is 0 Å². The molecule has 2 atom stereocenters. The van der Waals surface area contributed by atoms with E-state index in [9.17, 15) is 0 Å². The van der Waals surface area contributed by atoms with E-state index in [-0.39, 0.29) is 12.4 Å². The molecule has 0 amide bonds. The molecule has 1 aliphatic rings. The minimum Gasteiger partial charge on any atom is -0.497 e. The molecule has 124 valence electrons. The van der Waals surface area contributed by atoms with E-state index in [4.69, 9.17) is 9.47 Å². The molecule has 1 N–H and O–H groups in total. The predicted molar refractivity (Wildman–Crippen MR) is 96.0 cm³/mol. The first kappa shape index (κ1) is 17.6. The number of hydrogen-bond acceptors (Lipinski definition) is 3. The topological polar surface area (TPSA) is 30.5 Å². The van der Waals surface area contributed by atoms with Crippen LogP contribution < -0.4 is 14.8 Å². The summed E-state index contributed by atoms with van der Waals surface area (Å²) in [4.78, 5) is 0. The molecule has 0 aromatic heterocycles. The Labute approximate surface area is 144 Å². The van der Waals surface area contributed by atoms with E-state index in [0.717, 1.165) is 24.3 Å². The summed E-state index contributed by atoms with van der Waals surface area (Å²) in [6, 6.07) is 15.6. The number of halogens is 1. The molecule has 1 heterocycles. The van der Waals surface area contributed by atoms with Crippen LogP contribution >= 0.6 is 12.4 Å². The Bertz CT molecular complexity index is 642. The van der Waals surface area contributed by atoms with Gasteiger partial charge in [0.25, 0.3) is 0 Å². The third-order valence-electron chi connectivity index (χ3n) is 4.34. The SMILES string of the molecule is COc1ccc(CC2N[C@H](C)Cc3ccc(OC)cc32)cc1.Cl. The molecule has 0 spiro atoms. The molecule has 3 nitrogen and oxygen atoms in total. The minimum absolute atomic E-state index is 0. The third kappa shape index (κ3) is 3.98. The summed E-state index contributed by atoms with van der Waals surface area (Å²) in [5.41, 5.74) is 4.08. The Morgan fingerprint density at radius 2 is 1.65 bits per heavy atom. The smallest absolute Gasteiger partial charge is 0.119 e. The second-order valence-electron chi connectivity index (χ2n) is 5.94. The summed E-state index contributed by atoms with van der Waals surface area (Å²) >= 11 is 0. The summed E-state index contributed by atoms with van der Waals surface area (Å²) in [5, 5.41) is 3.71. The van der Waals surface area contributed by atoms with Crippen molar-refractivity contribution in [3.8, 4) is 11.5 Å². The Kier molecular flexibility index (Phi) is 5.91. The first-order chi connectivity index (χ1) is 10.7. The quantitative estimate of drug-likeness (QED) is 0.919. The Hall–Kier alpha value is -1.71. The fraction of sp³-hybridized carbons (Fsp3) is 0.368. The number of ether oxygens (including phenoxy) is 2. The zero-order valence-electron chi connectivity index (χ0n) is 13.8. The van der Waals surface area contributed by atoms with E-state index in [1.165, 1.54) is 16.7 Å². The molecule has 0 saturated heterocycles. The first-order valence-electron chi connectivity index (χ1n) is 7.75. The van der Waals surface area contributed by atoms with Crippen molar-refractivity contribution in [1.82, 2.24) is 5.32 Å². The average Bonchev–Trinajstić information content (AvgIpc) is 2.55. The normalized spacial score (nSPS) is 19.4. The van der Waals surface area contributed by atoms with Gasteiger partial charge < -0.3 is 14.8 Å². The number of fused-ring (bicyclic) bond motifs is 1. The number of nitrogens with one attached hydrogen (secondary N) is 1. The van der Waals surface area contributed by atoms with Crippen LogP contribution in [0.15, 0.2) is 42.5 Å². The van der Waals surface area contributed by atoms with Gasteiger partial charge >= 0.3 is 0 Å². The zero-order chi connectivity index (χ0) is 15.5. The van der Waals surface area contributed by atoms with Crippen LogP contribution in [0.25, 0.3) is 0 Å². The van der Waals surface area contributed by atoms with Gasteiger partial charge in [-0.25, -0.2) is 0 Å². The Morgan fingerprint density at radius 1 is 1.00 bits per heavy atom. The van der Waals surface area contributed by atoms with Crippen LogP contribution in [0.1, 0.15) is 29.7 Å². The molecule has 1 unspecified atom stereocenters. The fourth-order valence-corrected chi connectivity index (χ4v) is 3.20. The van der Waals surface area contributed by atoms with Crippen LogP contribution in [0.4, 0.5) is 0 Å². The Morgan fingerprint density at radius 3 is 2.30 bits per heavy atom. The van der Waals surface area contributed by atoms with Crippen LogP contribution in [0.5, 0.6) is 11.5 Å². The molecular weight excluding hydrogens is 310 g/mol. The van der Waals surface area contributed by atoms with E-state index in [0.29, 0.717) is 12.1 Å². The van der Waals surface area contributed by atoms with Gasteiger partial charge in [-0.1, -0.05) is 18.2 Å². The fourth-order valence-electron chi connectivity index (χ4n) is 3.20. The minimum atomic E-state index is 0. The second-order valence-corrected chi connectivity index (χ2v) is 5.94. The highest BCUT2D eigenvalue weighted by Gasteiger charge is 2.24. The van der Waals surface area contributed by atoms with Crippen LogP contribution in [-0.2, 0) is 12.8 Å². The standard InChI is InChI=1S/C19H23NO2.ClH/c1-13-10-15-6-9-17(22-3)12-18(15)19(20-13)11-14-4-7-16(21-2)8-5-14;/h4-9,12-13,19-20H,10-11H2,1-3H3;1H/t13-,19?;/m1./s1. The Balaban J connectivity index is 0.00000192. The summed E-state index contributed by atoms with van der Waals surface area (Å²) < 4.78 is 10.6. The lowest BCUT2D eigenvalue weighted by Gasteiger charge is -2.32. The monoisotopic (exact) mass is 333 g/mol. The highest BCUT2D eigenvalue weighted by Crippen LogP contribution is 2.31. The van der Waals surface area contributed by atoms with E-state index < -0.39 is 0 Å². The van der Waals surface area contributed by atoms with Crippen LogP contribution in [-0.4, -0.2) is 20.3 Å². The molecule has 3 rings (SSSR count). The predicted octanol–water partition coefficient (Wildman–Crippen LogP) is 3.94. The van der Waals surface area contributed by atoms with Crippen LogP contribution in [0, 0.1) is 0 Å². The van der Waals surface area contributed by atoms with Crippen molar-refractivity contribution >= 4 is 12.4 Å².